The van der Waals surface area contributed by atoms with Gasteiger partial charge < -0.3 is 10.5 Å². The first-order chi connectivity index (χ1) is 7.45. The molecule has 0 aromatic heterocycles. The molecular weight excluding hydrogens is 222 g/mol. The van der Waals surface area contributed by atoms with Gasteiger partial charge in [-0.2, -0.15) is 0 Å². The molecule has 0 radical (unpaired) electrons. The van der Waals surface area contributed by atoms with Gasteiger partial charge in [0, 0.05) is 17.2 Å². The van der Waals surface area contributed by atoms with Crippen molar-refractivity contribution >= 4 is 10.8 Å². The standard InChI is InChI=1S/C12H19NO2S/c1-8-5-11(15-3)10(6-9(2)13)7-12(8)16(4)14/h5,7,9H,6,13H2,1-4H3. The second kappa shape index (κ2) is 5.46. The van der Waals surface area contributed by atoms with E-state index in [2.05, 4.69) is 0 Å². The van der Waals surface area contributed by atoms with Gasteiger partial charge in [0.2, 0.25) is 0 Å². The van der Waals surface area contributed by atoms with E-state index in [0.29, 0.717) is 0 Å². The van der Waals surface area contributed by atoms with Crippen molar-refractivity contribution in [2.45, 2.75) is 31.2 Å². The SMILES string of the molecule is COc1cc(C)c(S(C)=O)cc1CC(C)N. The summed E-state index contributed by atoms with van der Waals surface area (Å²) >= 11 is 0. The minimum Gasteiger partial charge on any atom is -0.496 e. The van der Waals surface area contributed by atoms with Crippen LogP contribution in [0.4, 0.5) is 0 Å². The molecule has 0 bridgehead atoms. The number of nitrogens with two attached hydrogens (primary N) is 1. The molecule has 2 atom stereocenters. The van der Waals surface area contributed by atoms with Crippen molar-refractivity contribution in [1.82, 2.24) is 0 Å². The molecule has 2 unspecified atom stereocenters. The molecule has 2 N–H and O–H groups in total. The van der Waals surface area contributed by atoms with Crippen LogP contribution in [0, 0.1) is 6.92 Å². The fraction of sp³-hybridized carbons (Fsp3) is 0.500. The summed E-state index contributed by atoms with van der Waals surface area (Å²) in [5.74, 6) is 0.823. The summed E-state index contributed by atoms with van der Waals surface area (Å²) in [5.41, 5.74) is 7.79. The Hall–Kier alpha value is -0.870. The summed E-state index contributed by atoms with van der Waals surface area (Å²) in [4.78, 5) is 0.858. The lowest BCUT2D eigenvalue weighted by Gasteiger charge is -2.14. The number of benzene rings is 1. The van der Waals surface area contributed by atoms with Crippen LogP contribution in [0.2, 0.25) is 0 Å². The Morgan fingerprint density at radius 2 is 2.12 bits per heavy atom. The highest BCUT2D eigenvalue weighted by Crippen LogP contribution is 2.26. The van der Waals surface area contributed by atoms with Gasteiger partial charge in [-0.25, -0.2) is 0 Å². The van der Waals surface area contributed by atoms with Crippen LogP contribution in [0.5, 0.6) is 5.75 Å². The van der Waals surface area contributed by atoms with E-state index in [1.165, 1.54) is 0 Å². The van der Waals surface area contributed by atoms with Gasteiger partial charge in [0.15, 0.2) is 0 Å². The zero-order valence-electron chi connectivity index (χ0n) is 10.2. The average molecular weight is 241 g/mol. The van der Waals surface area contributed by atoms with E-state index < -0.39 is 10.8 Å². The van der Waals surface area contributed by atoms with Gasteiger partial charge in [0.25, 0.3) is 0 Å². The van der Waals surface area contributed by atoms with Crippen molar-refractivity contribution in [1.29, 1.82) is 0 Å². The first-order valence-electron chi connectivity index (χ1n) is 5.22. The van der Waals surface area contributed by atoms with Crippen molar-refractivity contribution in [3.8, 4) is 5.75 Å². The highest BCUT2D eigenvalue weighted by atomic mass is 32.2. The Labute approximate surface area is 99.4 Å². The minimum atomic E-state index is -0.972. The predicted molar refractivity (Wildman–Crippen MR) is 67.4 cm³/mol. The molecule has 1 rings (SSSR count). The molecule has 0 amide bonds. The van der Waals surface area contributed by atoms with E-state index in [9.17, 15) is 4.21 Å². The Bertz CT molecular complexity index is 402. The fourth-order valence-corrected chi connectivity index (χ4v) is 2.53. The van der Waals surface area contributed by atoms with E-state index in [-0.39, 0.29) is 6.04 Å². The molecule has 0 fully saturated rings. The third-order valence-electron chi connectivity index (χ3n) is 2.43. The smallest absolute Gasteiger partial charge is 0.122 e. The monoisotopic (exact) mass is 241 g/mol. The molecule has 0 saturated carbocycles. The van der Waals surface area contributed by atoms with E-state index in [0.717, 1.165) is 28.2 Å². The van der Waals surface area contributed by atoms with Crippen molar-refractivity contribution < 1.29 is 8.95 Å². The summed E-state index contributed by atoms with van der Waals surface area (Å²) in [6.07, 6.45) is 2.41. The molecule has 3 nitrogen and oxygen atoms in total. The molecule has 0 heterocycles. The second-order valence-corrected chi connectivity index (χ2v) is 5.41. The van der Waals surface area contributed by atoms with Gasteiger partial charge in [-0.05, 0) is 43.5 Å². The number of ether oxygens (including phenoxy) is 1. The number of hydrogen-bond donors (Lipinski definition) is 1. The Kier molecular flexibility index (Phi) is 4.50. The van der Waals surface area contributed by atoms with Gasteiger partial charge in [-0.15, -0.1) is 0 Å². The molecule has 0 aliphatic rings. The maximum Gasteiger partial charge on any atom is 0.122 e. The Morgan fingerprint density at radius 1 is 1.50 bits per heavy atom. The summed E-state index contributed by atoms with van der Waals surface area (Å²) in [6, 6.07) is 3.93. The minimum absolute atomic E-state index is 0.0646. The number of methoxy groups -OCH3 is 1. The lowest BCUT2D eigenvalue weighted by atomic mass is 10.0. The van der Waals surface area contributed by atoms with Crippen molar-refractivity contribution in [3.05, 3.63) is 23.3 Å². The lowest BCUT2D eigenvalue weighted by molar-refractivity contribution is 0.407. The molecule has 0 aliphatic heterocycles. The number of aryl methyl sites for hydroxylation is 1. The summed E-state index contributed by atoms with van der Waals surface area (Å²) in [5, 5.41) is 0. The van der Waals surface area contributed by atoms with Gasteiger partial charge in [0.1, 0.15) is 5.75 Å². The van der Waals surface area contributed by atoms with Gasteiger partial charge in [-0.3, -0.25) is 4.21 Å². The maximum atomic E-state index is 11.5. The molecular formula is C12H19NO2S. The molecule has 0 spiro atoms. The second-order valence-electron chi connectivity index (χ2n) is 4.07. The third-order valence-corrected chi connectivity index (χ3v) is 3.49. The molecule has 0 aliphatic carbocycles. The van der Waals surface area contributed by atoms with Crippen molar-refractivity contribution in [2.24, 2.45) is 5.73 Å². The largest absolute Gasteiger partial charge is 0.496 e. The van der Waals surface area contributed by atoms with E-state index in [1.807, 2.05) is 26.0 Å². The molecule has 90 valence electrons. The summed E-state index contributed by atoms with van der Waals surface area (Å²) < 4.78 is 16.9. The van der Waals surface area contributed by atoms with E-state index in [4.69, 9.17) is 10.5 Å². The molecule has 0 saturated heterocycles. The molecule has 16 heavy (non-hydrogen) atoms. The van der Waals surface area contributed by atoms with E-state index in [1.54, 1.807) is 13.4 Å². The van der Waals surface area contributed by atoms with Crippen molar-refractivity contribution in [3.63, 3.8) is 0 Å². The fourth-order valence-electron chi connectivity index (χ4n) is 1.71. The Balaban J connectivity index is 3.23. The Morgan fingerprint density at radius 3 is 2.56 bits per heavy atom. The zero-order valence-corrected chi connectivity index (χ0v) is 11.1. The van der Waals surface area contributed by atoms with Crippen LogP contribution in [0.15, 0.2) is 17.0 Å². The van der Waals surface area contributed by atoms with Crippen LogP contribution in [0.25, 0.3) is 0 Å². The quantitative estimate of drug-likeness (QED) is 0.871. The number of rotatable bonds is 4. The molecule has 4 heteroatoms. The first-order valence-corrected chi connectivity index (χ1v) is 6.78. The number of hydrogen-bond acceptors (Lipinski definition) is 3. The third kappa shape index (κ3) is 3.06. The van der Waals surface area contributed by atoms with Crippen LogP contribution in [0.3, 0.4) is 0 Å². The van der Waals surface area contributed by atoms with E-state index >= 15 is 0 Å². The highest BCUT2D eigenvalue weighted by molar-refractivity contribution is 7.84. The lowest BCUT2D eigenvalue weighted by Crippen LogP contribution is -2.18. The van der Waals surface area contributed by atoms with Crippen LogP contribution in [-0.4, -0.2) is 23.6 Å². The van der Waals surface area contributed by atoms with Crippen molar-refractivity contribution in [2.75, 3.05) is 13.4 Å². The van der Waals surface area contributed by atoms with Crippen LogP contribution >= 0.6 is 0 Å². The predicted octanol–water partition coefficient (Wildman–Crippen LogP) is 1.63. The van der Waals surface area contributed by atoms with Crippen LogP contribution < -0.4 is 10.5 Å². The average Bonchev–Trinajstić information content (AvgIpc) is 2.18. The van der Waals surface area contributed by atoms with Gasteiger partial charge >= 0.3 is 0 Å². The van der Waals surface area contributed by atoms with Gasteiger partial charge in [0.05, 0.1) is 17.9 Å². The zero-order chi connectivity index (χ0) is 12.3. The summed E-state index contributed by atoms with van der Waals surface area (Å²) in [6.45, 7) is 3.89. The maximum absolute atomic E-state index is 11.5. The highest BCUT2D eigenvalue weighted by Gasteiger charge is 2.11. The van der Waals surface area contributed by atoms with Gasteiger partial charge in [-0.1, -0.05) is 0 Å². The first kappa shape index (κ1) is 13.2. The summed E-state index contributed by atoms with van der Waals surface area (Å²) in [7, 11) is 0.669. The van der Waals surface area contributed by atoms with Crippen LogP contribution in [-0.2, 0) is 17.2 Å². The molecule has 1 aromatic rings. The normalized spacial score (nSPS) is 14.6. The molecule has 1 aromatic carbocycles. The van der Waals surface area contributed by atoms with Crippen LogP contribution in [0.1, 0.15) is 18.1 Å². The topological polar surface area (TPSA) is 52.3 Å².